The number of carbonyl (C=O) groups is 4. The van der Waals surface area contributed by atoms with Gasteiger partial charge in [0.1, 0.15) is 5.75 Å². The predicted octanol–water partition coefficient (Wildman–Crippen LogP) is 1.38. The molecule has 1 aromatic rings. The van der Waals surface area contributed by atoms with Crippen LogP contribution in [0.2, 0.25) is 0 Å². The maximum atomic E-state index is 12.1. The molecule has 16 heteroatoms. The molecule has 1 atom stereocenters. The fourth-order valence-corrected chi connectivity index (χ4v) is 5.18. The summed E-state index contributed by atoms with van der Waals surface area (Å²) >= 11 is 0. The van der Waals surface area contributed by atoms with Gasteiger partial charge in [0.25, 0.3) is 21.9 Å². The maximum absolute atomic E-state index is 12.1. The zero-order valence-electron chi connectivity index (χ0n) is 16.2. The Bertz CT molecular complexity index is 1090. The molecule has 1 aliphatic heterocycles. The minimum Gasteiger partial charge on any atom is -0.507 e. The van der Waals surface area contributed by atoms with Crippen LogP contribution in [0.4, 0.5) is 5.69 Å². The summed E-state index contributed by atoms with van der Waals surface area (Å²) in [6.07, 6.45) is -0.972. The van der Waals surface area contributed by atoms with Crippen molar-refractivity contribution in [3.8, 4) is 5.75 Å². The van der Waals surface area contributed by atoms with Crippen molar-refractivity contribution >= 4 is 61.0 Å². The Kier molecular flexibility index (Phi) is 8.91. The largest absolute Gasteiger partial charge is 0.507 e. The zero-order valence-corrected chi connectivity index (χ0v) is 18.7. The van der Waals surface area contributed by atoms with Crippen molar-refractivity contribution < 1.29 is 37.3 Å². The van der Waals surface area contributed by atoms with Crippen LogP contribution in [0.25, 0.3) is 10.4 Å². The summed E-state index contributed by atoms with van der Waals surface area (Å²) < 4.78 is 31.1. The highest BCUT2D eigenvalue weighted by Crippen LogP contribution is 2.25. The van der Waals surface area contributed by atoms with E-state index >= 15 is 0 Å². The first-order valence-corrected chi connectivity index (χ1v) is 12.8. The van der Waals surface area contributed by atoms with Crippen molar-refractivity contribution in [3.63, 3.8) is 0 Å². The van der Waals surface area contributed by atoms with Crippen LogP contribution in [0.15, 0.2) is 23.3 Å². The average Bonchev–Trinajstić information content (AvgIpc) is 3.01. The van der Waals surface area contributed by atoms with E-state index in [2.05, 4.69) is 15.3 Å². The third-order valence-electron chi connectivity index (χ3n) is 4.05. The van der Waals surface area contributed by atoms with Gasteiger partial charge in [0.05, 0.1) is 12.0 Å². The Labute approximate surface area is 189 Å². The number of phenolic OH excluding ortho intramolecular Hbond substituents is 1. The van der Waals surface area contributed by atoms with Crippen molar-refractivity contribution in [1.82, 2.24) is 10.2 Å². The molecule has 1 heterocycles. The first-order valence-electron chi connectivity index (χ1n) is 8.83. The third kappa shape index (κ3) is 6.61. The smallest absolute Gasteiger partial charge is 0.277 e. The van der Waals surface area contributed by atoms with Crippen LogP contribution in [-0.2, 0) is 24.5 Å². The first-order chi connectivity index (χ1) is 15.1. The number of hydrogen-bond donors (Lipinski definition) is 3. The maximum Gasteiger partial charge on any atom is 0.277 e. The summed E-state index contributed by atoms with van der Waals surface area (Å²) in [5, 5.41) is 13.8. The molecule has 32 heavy (non-hydrogen) atoms. The lowest BCUT2D eigenvalue weighted by molar-refractivity contribution is -0.149. The molecule has 3 N–H and O–H groups in total. The molecule has 0 aliphatic carbocycles. The fraction of sp³-hybridized carbons (Fsp3) is 0.375. The van der Waals surface area contributed by atoms with Gasteiger partial charge in [0.2, 0.25) is 11.8 Å². The van der Waals surface area contributed by atoms with Gasteiger partial charge in [-0.2, -0.15) is 8.42 Å². The van der Waals surface area contributed by atoms with E-state index in [0.29, 0.717) is 5.75 Å². The van der Waals surface area contributed by atoms with Crippen molar-refractivity contribution in [1.29, 1.82) is 0 Å². The summed E-state index contributed by atoms with van der Waals surface area (Å²) in [5.74, 6) is -3.30. The van der Waals surface area contributed by atoms with Gasteiger partial charge in [0, 0.05) is 35.1 Å². The molecule has 172 valence electrons. The molecule has 1 fully saturated rings. The molecule has 0 spiro atoms. The molecule has 13 nitrogen and oxygen atoms in total. The summed E-state index contributed by atoms with van der Waals surface area (Å²) in [5.41, 5.74) is 8.52. The van der Waals surface area contributed by atoms with Gasteiger partial charge in [-0.3, -0.25) is 23.7 Å². The highest BCUT2D eigenvalue weighted by molar-refractivity contribution is 8.76. The van der Waals surface area contributed by atoms with Crippen LogP contribution in [-0.4, -0.2) is 69.9 Å². The molecule has 1 saturated heterocycles. The van der Waals surface area contributed by atoms with Crippen molar-refractivity contribution in [3.05, 3.63) is 34.2 Å². The summed E-state index contributed by atoms with van der Waals surface area (Å²) in [7, 11) is -2.22. The summed E-state index contributed by atoms with van der Waals surface area (Å²) in [4.78, 5) is 50.6. The first kappa shape index (κ1) is 25.5. The number of hydrogen-bond acceptors (Lipinski definition) is 10. The van der Waals surface area contributed by atoms with Gasteiger partial charge < -0.3 is 10.4 Å². The lowest BCUT2D eigenvalue weighted by atomic mass is 10.1. The lowest BCUT2D eigenvalue weighted by Gasteiger charge is -2.12. The standard InChI is InChI=1S/C16H17N5O8S3/c17-20-19-9-1-2-10(11(22)7-9)15(25)18-4-6-31-30-5-3-13(23)21-14(24)8-12(16(21)26)32(27,28)29/h1-2,7,12,22H,3-6,8H2,(H,18,25)(H,27,28,29). The highest BCUT2D eigenvalue weighted by atomic mass is 33.1. The van der Waals surface area contributed by atoms with E-state index in [1.54, 1.807) is 0 Å². The van der Waals surface area contributed by atoms with E-state index in [1.807, 2.05) is 0 Å². The molecular formula is C16H17N5O8S3. The van der Waals surface area contributed by atoms with Crippen molar-refractivity contribution in [2.45, 2.75) is 18.1 Å². The Hall–Kier alpha value is -2.78. The van der Waals surface area contributed by atoms with Gasteiger partial charge in [-0.1, -0.05) is 32.8 Å². The lowest BCUT2D eigenvalue weighted by Crippen LogP contribution is -2.39. The number of rotatable bonds is 10. The number of likely N-dealkylation sites (tertiary alicyclic amines) is 1. The second-order valence-electron chi connectivity index (χ2n) is 6.21. The van der Waals surface area contributed by atoms with E-state index in [1.165, 1.54) is 33.7 Å². The second-order valence-corrected chi connectivity index (χ2v) is 10.5. The number of nitrogens with one attached hydrogen (secondary N) is 1. The van der Waals surface area contributed by atoms with Crippen LogP contribution < -0.4 is 5.32 Å². The number of carbonyl (C=O) groups excluding carboxylic acids is 4. The van der Waals surface area contributed by atoms with Crippen molar-refractivity contribution in [2.24, 2.45) is 5.11 Å². The van der Waals surface area contributed by atoms with Crippen LogP contribution in [0.5, 0.6) is 5.75 Å². The molecule has 0 aromatic heterocycles. The average molecular weight is 504 g/mol. The van der Waals surface area contributed by atoms with Crippen LogP contribution in [0.3, 0.4) is 0 Å². The van der Waals surface area contributed by atoms with Gasteiger partial charge in [0.15, 0.2) is 5.25 Å². The molecular weight excluding hydrogens is 486 g/mol. The van der Waals surface area contributed by atoms with Gasteiger partial charge in [-0.25, -0.2) is 4.90 Å². The number of benzene rings is 1. The number of aromatic hydroxyl groups is 1. The predicted molar refractivity (Wildman–Crippen MR) is 116 cm³/mol. The van der Waals surface area contributed by atoms with E-state index in [0.717, 1.165) is 6.07 Å². The zero-order chi connectivity index (χ0) is 23.9. The number of amides is 4. The highest BCUT2D eigenvalue weighted by Gasteiger charge is 2.48. The molecule has 4 amide bonds. The normalized spacial score (nSPS) is 16.0. The minimum absolute atomic E-state index is 0.00767. The summed E-state index contributed by atoms with van der Waals surface area (Å²) in [6.45, 7) is 0.237. The van der Waals surface area contributed by atoms with E-state index in [9.17, 15) is 32.7 Å². The number of azide groups is 1. The molecule has 0 saturated carbocycles. The molecule has 0 bridgehead atoms. The quantitative estimate of drug-likeness (QED) is 0.0794. The number of imide groups is 3. The molecule has 2 rings (SSSR count). The van der Waals surface area contributed by atoms with Crippen LogP contribution in [0.1, 0.15) is 23.2 Å². The topological polar surface area (TPSA) is 207 Å². The van der Waals surface area contributed by atoms with E-state index in [4.69, 9.17) is 10.1 Å². The number of nitrogens with zero attached hydrogens (tertiary/aromatic N) is 4. The van der Waals surface area contributed by atoms with Gasteiger partial charge >= 0.3 is 0 Å². The van der Waals surface area contributed by atoms with Crippen molar-refractivity contribution in [2.75, 3.05) is 18.1 Å². The SMILES string of the molecule is [N-]=[N+]=Nc1ccc(C(=O)NCCSSCCC(=O)N2C(=O)CC(S(=O)(=O)O)C2=O)c(O)c1. The molecule has 1 aromatic carbocycles. The molecule has 1 aliphatic rings. The van der Waals surface area contributed by atoms with E-state index in [-0.39, 0.29) is 40.6 Å². The molecule has 0 radical (unpaired) electrons. The minimum atomic E-state index is -4.76. The van der Waals surface area contributed by atoms with Gasteiger partial charge in [-0.15, -0.1) is 0 Å². The van der Waals surface area contributed by atoms with Crippen LogP contribution >= 0.6 is 21.6 Å². The second kappa shape index (κ2) is 11.2. The fourth-order valence-electron chi connectivity index (χ4n) is 2.58. The van der Waals surface area contributed by atoms with Crippen LogP contribution in [0, 0.1) is 0 Å². The molecule has 1 unspecified atom stereocenters. The Balaban J connectivity index is 1.69. The number of phenols is 1. The monoisotopic (exact) mass is 503 g/mol. The van der Waals surface area contributed by atoms with Gasteiger partial charge in [-0.05, 0) is 17.7 Å². The van der Waals surface area contributed by atoms with E-state index < -0.39 is 45.4 Å². The Morgan fingerprint density at radius 2 is 1.97 bits per heavy atom. The Morgan fingerprint density at radius 3 is 2.56 bits per heavy atom. The third-order valence-corrected chi connectivity index (χ3v) is 7.55. The summed E-state index contributed by atoms with van der Waals surface area (Å²) in [6, 6.07) is 3.85. The Morgan fingerprint density at radius 1 is 1.28 bits per heavy atom.